The van der Waals surface area contributed by atoms with Crippen molar-refractivity contribution in [2.24, 2.45) is 0 Å². The first-order valence-electron chi connectivity index (χ1n) is 10.2. The molecule has 2 unspecified atom stereocenters. The van der Waals surface area contributed by atoms with Crippen LogP contribution in [0.4, 0.5) is 0 Å². The van der Waals surface area contributed by atoms with Gasteiger partial charge in [-0.1, -0.05) is 49.7 Å². The van der Waals surface area contributed by atoms with Crippen molar-refractivity contribution in [3.05, 3.63) is 70.3 Å². The zero-order valence-corrected chi connectivity index (χ0v) is 16.5. The van der Waals surface area contributed by atoms with Crippen LogP contribution in [0.25, 0.3) is 0 Å². The highest BCUT2D eigenvalue weighted by Crippen LogP contribution is 2.46. The van der Waals surface area contributed by atoms with Gasteiger partial charge in [-0.3, -0.25) is 0 Å². The standard InChI is InChI=1S/C23H28O6/c1-2-3-14-4-6-15(7-5-14)10-16-8-9-17-13-28-23(18(17)11-16)22(27)21(26)20(25)19(12-24)29-23/h4-9,11,19-22,24-27H,2-3,10,12-13H2,1H3/t19?,20-,21+,22?,23+/m1/s1. The summed E-state index contributed by atoms with van der Waals surface area (Å²) in [5.41, 5.74) is 5.00. The van der Waals surface area contributed by atoms with Gasteiger partial charge in [-0.2, -0.15) is 0 Å². The second kappa shape index (κ2) is 8.14. The fraction of sp³-hybridized carbons (Fsp3) is 0.478. The minimum Gasteiger partial charge on any atom is -0.394 e. The van der Waals surface area contributed by atoms with Crippen LogP contribution in [0.2, 0.25) is 0 Å². The second-order valence-electron chi connectivity index (χ2n) is 7.96. The molecule has 2 heterocycles. The molecule has 0 aromatic heterocycles. The first-order valence-corrected chi connectivity index (χ1v) is 10.2. The van der Waals surface area contributed by atoms with Crippen molar-refractivity contribution < 1.29 is 29.9 Å². The molecule has 2 aliphatic heterocycles. The van der Waals surface area contributed by atoms with Crippen molar-refractivity contribution in [1.29, 1.82) is 0 Å². The Morgan fingerprint density at radius 1 is 0.966 bits per heavy atom. The summed E-state index contributed by atoms with van der Waals surface area (Å²) in [5, 5.41) is 40.6. The fourth-order valence-corrected chi connectivity index (χ4v) is 4.28. The van der Waals surface area contributed by atoms with Gasteiger partial charge < -0.3 is 29.9 Å². The lowest BCUT2D eigenvalue weighted by atomic mass is 9.86. The molecule has 1 fully saturated rings. The lowest BCUT2D eigenvalue weighted by Crippen LogP contribution is -2.63. The zero-order chi connectivity index (χ0) is 20.6. The number of aliphatic hydroxyl groups excluding tert-OH is 4. The van der Waals surface area contributed by atoms with Crippen molar-refractivity contribution in [3.63, 3.8) is 0 Å². The van der Waals surface area contributed by atoms with Gasteiger partial charge in [-0.05, 0) is 41.2 Å². The number of hydrogen-bond acceptors (Lipinski definition) is 6. The Bertz CT molecular complexity index is 849. The largest absolute Gasteiger partial charge is 0.394 e. The summed E-state index contributed by atoms with van der Waals surface area (Å²) in [4.78, 5) is 0. The minimum atomic E-state index is -1.59. The predicted molar refractivity (Wildman–Crippen MR) is 106 cm³/mol. The molecule has 2 aromatic rings. The first-order chi connectivity index (χ1) is 14.0. The number of hydrogen-bond donors (Lipinski definition) is 4. The van der Waals surface area contributed by atoms with E-state index >= 15 is 0 Å². The monoisotopic (exact) mass is 400 g/mol. The molecule has 0 aliphatic carbocycles. The molecule has 4 N–H and O–H groups in total. The third-order valence-corrected chi connectivity index (χ3v) is 5.91. The van der Waals surface area contributed by atoms with Crippen LogP contribution in [0.5, 0.6) is 0 Å². The second-order valence-corrected chi connectivity index (χ2v) is 7.96. The van der Waals surface area contributed by atoms with Crippen LogP contribution in [0.1, 0.15) is 41.2 Å². The molecule has 156 valence electrons. The average molecular weight is 400 g/mol. The summed E-state index contributed by atoms with van der Waals surface area (Å²) < 4.78 is 11.6. The molecule has 0 bridgehead atoms. The van der Waals surface area contributed by atoms with Crippen molar-refractivity contribution in [2.75, 3.05) is 6.61 Å². The topological polar surface area (TPSA) is 99.4 Å². The number of rotatable bonds is 5. The number of ether oxygens (including phenoxy) is 2. The Morgan fingerprint density at radius 2 is 1.66 bits per heavy atom. The normalized spacial score (nSPS) is 31.2. The van der Waals surface area contributed by atoms with E-state index < -0.39 is 36.8 Å². The molecule has 2 aliphatic rings. The van der Waals surface area contributed by atoms with Crippen LogP contribution in [-0.4, -0.2) is 51.4 Å². The molecule has 1 spiro atoms. The minimum absolute atomic E-state index is 0.222. The Morgan fingerprint density at radius 3 is 2.34 bits per heavy atom. The molecule has 6 nitrogen and oxygen atoms in total. The number of fused-ring (bicyclic) bond motifs is 2. The van der Waals surface area contributed by atoms with Crippen LogP contribution in [0.3, 0.4) is 0 Å². The van der Waals surface area contributed by atoms with Crippen LogP contribution in [0.15, 0.2) is 42.5 Å². The quantitative estimate of drug-likeness (QED) is 0.605. The van der Waals surface area contributed by atoms with Gasteiger partial charge in [0.25, 0.3) is 0 Å². The van der Waals surface area contributed by atoms with Gasteiger partial charge >= 0.3 is 0 Å². The van der Waals surface area contributed by atoms with E-state index in [1.807, 2.05) is 18.2 Å². The molecule has 0 radical (unpaired) electrons. The van der Waals surface area contributed by atoms with Crippen molar-refractivity contribution in [2.45, 2.75) is 63.0 Å². The van der Waals surface area contributed by atoms with Gasteiger partial charge in [0.1, 0.15) is 24.4 Å². The van der Waals surface area contributed by atoms with E-state index in [1.54, 1.807) is 0 Å². The Labute approximate surface area is 170 Å². The summed E-state index contributed by atoms with van der Waals surface area (Å²) in [6, 6.07) is 14.4. The van der Waals surface area contributed by atoms with Gasteiger partial charge in [0.05, 0.1) is 13.2 Å². The Balaban J connectivity index is 1.62. The highest BCUT2D eigenvalue weighted by molar-refractivity contribution is 5.41. The van der Waals surface area contributed by atoms with Gasteiger partial charge in [0.2, 0.25) is 5.79 Å². The number of aryl methyl sites for hydroxylation is 1. The van der Waals surface area contributed by atoms with Crippen LogP contribution in [0, 0.1) is 0 Å². The third-order valence-electron chi connectivity index (χ3n) is 5.91. The van der Waals surface area contributed by atoms with E-state index in [-0.39, 0.29) is 6.61 Å². The van der Waals surface area contributed by atoms with Crippen LogP contribution < -0.4 is 0 Å². The molecular weight excluding hydrogens is 372 g/mol. The van der Waals surface area contributed by atoms with Crippen molar-refractivity contribution in [1.82, 2.24) is 0 Å². The average Bonchev–Trinajstić information content (AvgIpc) is 3.09. The van der Waals surface area contributed by atoms with Gasteiger partial charge in [0, 0.05) is 5.56 Å². The van der Waals surface area contributed by atoms with E-state index in [2.05, 4.69) is 31.2 Å². The Kier molecular flexibility index (Phi) is 5.75. The summed E-state index contributed by atoms with van der Waals surface area (Å²) in [5.74, 6) is -1.59. The molecule has 1 saturated heterocycles. The highest BCUT2D eigenvalue weighted by Gasteiger charge is 2.58. The lowest BCUT2D eigenvalue weighted by molar-refractivity contribution is -0.368. The molecule has 5 atom stereocenters. The maximum Gasteiger partial charge on any atom is 0.225 e. The summed E-state index contributed by atoms with van der Waals surface area (Å²) in [7, 11) is 0. The lowest BCUT2D eigenvalue weighted by Gasteiger charge is -2.46. The summed E-state index contributed by atoms with van der Waals surface area (Å²) in [6.07, 6.45) is -2.50. The number of benzene rings is 2. The molecule has 2 aromatic carbocycles. The van der Waals surface area contributed by atoms with E-state index in [4.69, 9.17) is 9.47 Å². The molecule has 0 amide bonds. The van der Waals surface area contributed by atoms with E-state index in [0.29, 0.717) is 12.0 Å². The van der Waals surface area contributed by atoms with Crippen molar-refractivity contribution >= 4 is 0 Å². The van der Waals surface area contributed by atoms with Gasteiger partial charge in [0.15, 0.2) is 0 Å². The van der Waals surface area contributed by atoms with E-state index in [0.717, 1.165) is 24.0 Å². The Hall–Kier alpha value is -1.80. The zero-order valence-electron chi connectivity index (χ0n) is 16.5. The molecular formula is C23H28O6. The predicted octanol–water partition coefficient (Wildman–Crippen LogP) is 1.39. The smallest absolute Gasteiger partial charge is 0.225 e. The van der Waals surface area contributed by atoms with Gasteiger partial charge in [-0.25, -0.2) is 0 Å². The highest BCUT2D eigenvalue weighted by atomic mass is 16.7. The molecule has 0 saturated carbocycles. The maximum absolute atomic E-state index is 10.7. The van der Waals surface area contributed by atoms with Gasteiger partial charge in [-0.15, -0.1) is 0 Å². The first kappa shape index (κ1) is 20.5. The fourth-order valence-electron chi connectivity index (χ4n) is 4.28. The van der Waals surface area contributed by atoms with E-state index in [1.165, 1.54) is 11.1 Å². The number of aliphatic hydroxyl groups is 4. The molecule has 4 rings (SSSR count). The maximum atomic E-state index is 10.7. The SMILES string of the molecule is CCCc1ccc(Cc2ccc3c(c2)[C@]2(OC3)OC(CO)[C@@H](O)[C@H](O)C2O)cc1. The molecule has 29 heavy (non-hydrogen) atoms. The van der Waals surface area contributed by atoms with Crippen LogP contribution in [-0.2, 0) is 34.7 Å². The van der Waals surface area contributed by atoms with Crippen LogP contribution >= 0.6 is 0 Å². The summed E-state index contributed by atoms with van der Waals surface area (Å²) >= 11 is 0. The van der Waals surface area contributed by atoms with E-state index in [9.17, 15) is 20.4 Å². The molecule has 6 heteroatoms. The third kappa shape index (κ3) is 3.61. The van der Waals surface area contributed by atoms with Crippen molar-refractivity contribution in [3.8, 4) is 0 Å². The summed E-state index contributed by atoms with van der Waals surface area (Å²) in [6.45, 7) is 1.89.